The van der Waals surface area contributed by atoms with Crippen LogP contribution in [0.4, 0.5) is 4.39 Å². The monoisotopic (exact) mass is 275 g/mol. The van der Waals surface area contributed by atoms with Gasteiger partial charge in [-0.1, -0.05) is 32.9 Å². The summed E-state index contributed by atoms with van der Waals surface area (Å²) in [4.78, 5) is 0. The first-order valence-corrected chi connectivity index (χ1v) is 7.06. The van der Waals surface area contributed by atoms with Gasteiger partial charge in [0.25, 0.3) is 0 Å². The Hall–Kier alpha value is -1.68. The number of benzene rings is 1. The minimum absolute atomic E-state index is 0.165. The van der Waals surface area contributed by atoms with Crippen molar-refractivity contribution in [3.63, 3.8) is 0 Å². The van der Waals surface area contributed by atoms with Crippen LogP contribution in [0.1, 0.15) is 37.9 Å². The number of aryl methyl sites for hydroxylation is 1. The van der Waals surface area contributed by atoms with Crippen LogP contribution in [0.5, 0.6) is 0 Å². The van der Waals surface area contributed by atoms with Crippen molar-refractivity contribution in [2.24, 2.45) is 7.05 Å². The zero-order chi connectivity index (χ0) is 14.7. The molecule has 0 aliphatic rings. The summed E-state index contributed by atoms with van der Waals surface area (Å²) >= 11 is 0. The SMILES string of the molecule is CCNCc1ccc(-c2cn(C)nc2C(C)C)cc1F. The normalized spacial score (nSPS) is 11.3. The van der Waals surface area contributed by atoms with Crippen LogP contribution >= 0.6 is 0 Å². The van der Waals surface area contributed by atoms with Gasteiger partial charge >= 0.3 is 0 Å². The molecular weight excluding hydrogens is 253 g/mol. The maximum absolute atomic E-state index is 14.1. The van der Waals surface area contributed by atoms with E-state index in [-0.39, 0.29) is 5.82 Å². The third-order valence-electron chi connectivity index (χ3n) is 3.33. The molecule has 4 heteroatoms. The molecule has 1 heterocycles. The summed E-state index contributed by atoms with van der Waals surface area (Å²) < 4.78 is 15.9. The van der Waals surface area contributed by atoms with Crippen LogP contribution in [0, 0.1) is 5.82 Å². The van der Waals surface area contributed by atoms with Gasteiger partial charge in [-0.25, -0.2) is 4.39 Å². The van der Waals surface area contributed by atoms with Gasteiger partial charge in [0.2, 0.25) is 0 Å². The van der Waals surface area contributed by atoms with Crippen molar-refractivity contribution in [3.8, 4) is 11.1 Å². The van der Waals surface area contributed by atoms with Crippen molar-refractivity contribution in [1.29, 1.82) is 0 Å². The molecule has 0 aliphatic heterocycles. The van der Waals surface area contributed by atoms with Gasteiger partial charge in [-0.05, 0) is 24.1 Å². The molecule has 0 bridgehead atoms. The Morgan fingerprint density at radius 1 is 1.35 bits per heavy atom. The second kappa shape index (κ2) is 6.18. The van der Waals surface area contributed by atoms with Crippen LogP contribution in [0.15, 0.2) is 24.4 Å². The molecule has 0 aliphatic carbocycles. The Balaban J connectivity index is 2.36. The van der Waals surface area contributed by atoms with E-state index in [0.717, 1.165) is 23.4 Å². The zero-order valence-corrected chi connectivity index (χ0v) is 12.6. The fourth-order valence-corrected chi connectivity index (χ4v) is 2.27. The van der Waals surface area contributed by atoms with Crippen molar-refractivity contribution in [2.45, 2.75) is 33.2 Å². The molecule has 2 rings (SSSR count). The first-order chi connectivity index (χ1) is 9.52. The van der Waals surface area contributed by atoms with Crippen LogP contribution in [0.25, 0.3) is 11.1 Å². The average Bonchev–Trinajstić information content (AvgIpc) is 2.79. The predicted molar refractivity (Wildman–Crippen MR) is 80.1 cm³/mol. The van der Waals surface area contributed by atoms with Gasteiger partial charge in [0.1, 0.15) is 5.82 Å². The number of aromatic nitrogens is 2. The fraction of sp³-hybridized carbons (Fsp3) is 0.438. The van der Waals surface area contributed by atoms with E-state index in [1.807, 2.05) is 32.3 Å². The second-order valence-electron chi connectivity index (χ2n) is 5.34. The molecule has 0 unspecified atom stereocenters. The Kier molecular flexibility index (Phi) is 4.55. The van der Waals surface area contributed by atoms with Crippen LogP contribution in [0.3, 0.4) is 0 Å². The van der Waals surface area contributed by atoms with Crippen molar-refractivity contribution >= 4 is 0 Å². The van der Waals surface area contributed by atoms with E-state index in [4.69, 9.17) is 0 Å². The van der Waals surface area contributed by atoms with Gasteiger partial charge in [0.15, 0.2) is 0 Å². The summed E-state index contributed by atoms with van der Waals surface area (Å²) in [7, 11) is 1.89. The highest BCUT2D eigenvalue weighted by Crippen LogP contribution is 2.29. The van der Waals surface area contributed by atoms with Gasteiger partial charge in [-0.2, -0.15) is 5.10 Å². The molecule has 0 atom stereocenters. The van der Waals surface area contributed by atoms with Crippen LogP contribution in [-0.4, -0.2) is 16.3 Å². The average molecular weight is 275 g/mol. The van der Waals surface area contributed by atoms with Crippen molar-refractivity contribution < 1.29 is 4.39 Å². The number of nitrogens with one attached hydrogen (secondary N) is 1. The smallest absolute Gasteiger partial charge is 0.128 e. The van der Waals surface area contributed by atoms with Gasteiger partial charge in [0, 0.05) is 30.9 Å². The summed E-state index contributed by atoms with van der Waals surface area (Å²) in [5.74, 6) is 0.151. The molecular formula is C16H22FN3. The molecule has 0 fully saturated rings. The minimum atomic E-state index is -0.165. The fourth-order valence-electron chi connectivity index (χ4n) is 2.27. The molecule has 0 radical (unpaired) electrons. The maximum Gasteiger partial charge on any atom is 0.128 e. The van der Waals surface area contributed by atoms with E-state index >= 15 is 0 Å². The quantitative estimate of drug-likeness (QED) is 0.905. The lowest BCUT2D eigenvalue weighted by atomic mass is 9.99. The zero-order valence-electron chi connectivity index (χ0n) is 12.6. The number of hydrogen-bond acceptors (Lipinski definition) is 2. The Bertz CT molecular complexity index is 587. The van der Waals surface area contributed by atoms with E-state index in [1.54, 1.807) is 10.7 Å². The molecule has 0 amide bonds. The van der Waals surface area contributed by atoms with E-state index < -0.39 is 0 Å². The van der Waals surface area contributed by atoms with Crippen LogP contribution in [-0.2, 0) is 13.6 Å². The molecule has 0 spiro atoms. The van der Waals surface area contributed by atoms with Crippen molar-refractivity contribution in [2.75, 3.05) is 6.54 Å². The first kappa shape index (κ1) is 14.7. The first-order valence-electron chi connectivity index (χ1n) is 7.06. The molecule has 1 aromatic heterocycles. The summed E-state index contributed by atoms with van der Waals surface area (Å²) in [6, 6.07) is 5.43. The third-order valence-corrected chi connectivity index (χ3v) is 3.33. The molecule has 3 nitrogen and oxygen atoms in total. The standard InChI is InChI=1S/C16H22FN3/c1-5-18-9-13-7-6-12(8-15(13)17)14-10-20(4)19-16(14)11(2)3/h6-8,10-11,18H,5,9H2,1-4H3. The van der Waals surface area contributed by atoms with Gasteiger partial charge < -0.3 is 5.32 Å². The topological polar surface area (TPSA) is 29.9 Å². The highest BCUT2D eigenvalue weighted by Gasteiger charge is 2.14. The molecule has 20 heavy (non-hydrogen) atoms. The van der Waals surface area contributed by atoms with E-state index in [1.165, 1.54) is 0 Å². The third kappa shape index (κ3) is 3.07. The van der Waals surface area contributed by atoms with Crippen LogP contribution < -0.4 is 5.32 Å². The largest absolute Gasteiger partial charge is 0.313 e. The summed E-state index contributed by atoms with van der Waals surface area (Å²) in [6.45, 7) is 7.61. The molecule has 2 aromatic rings. The van der Waals surface area contributed by atoms with Crippen molar-refractivity contribution in [3.05, 3.63) is 41.5 Å². The molecule has 1 N–H and O–H groups in total. The van der Waals surface area contributed by atoms with E-state index in [9.17, 15) is 4.39 Å². The van der Waals surface area contributed by atoms with Crippen LogP contribution in [0.2, 0.25) is 0 Å². The van der Waals surface area contributed by atoms with E-state index in [0.29, 0.717) is 18.0 Å². The predicted octanol–water partition coefficient (Wildman–Crippen LogP) is 3.46. The highest BCUT2D eigenvalue weighted by atomic mass is 19.1. The second-order valence-corrected chi connectivity index (χ2v) is 5.34. The van der Waals surface area contributed by atoms with E-state index in [2.05, 4.69) is 24.3 Å². The van der Waals surface area contributed by atoms with Gasteiger partial charge in [-0.3, -0.25) is 4.68 Å². The maximum atomic E-state index is 14.1. The molecule has 0 saturated heterocycles. The molecule has 0 saturated carbocycles. The Morgan fingerprint density at radius 2 is 2.10 bits per heavy atom. The summed E-state index contributed by atoms with van der Waals surface area (Å²) in [5, 5.41) is 7.61. The number of rotatable bonds is 5. The minimum Gasteiger partial charge on any atom is -0.313 e. The molecule has 108 valence electrons. The lowest BCUT2D eigenvalue weighted by Gasteiger charge is -2.08. The number of nitrogens with zero attached hydrogens (tertiary/aromatic N) is 2. The van der Waals surface area contributed by atoms with Gasteiger partial charge in [-0.15, -0.1) is 0 Å². The van der Waals surface area contributed by atoms with Gasteiger partial charge in [0.05, 0.1) is 5.69 Å². The Labute approximate surface area is 119 Å². The molecule has 1 aromatic carbocycles. The summed E-state index contributed by atoms with van der Waals surface area (Å²) in [6.07, 6.45) is 1.95. The lowest BCUT2D eigenvalue weighted by molar-refractivity contribution is 0.594. The summed E-state index contributed by atoms with van der Waals surface area (Å²) in [5.41, 5.74) is 3.60. The highest BCUT2D eigenvalue weighted by molar-refractivity contribution is 5.66. The Morgan fingerprint density at radius 3 is 2.70 bits per heavy atom. The lowest BCUT2D eigenvalue weighted by Crippen LogP contribution is -2.12. The number of hydrogen-bond donors (Lipinski definition) is 1. The number of halogens is 1. The van der Waals surface area contributed by atoms with Crippen molar-refractivity contribution in [1.82, 2.24) is 15.1 Å².